The Labute approximate surface area is 668 Å². The van der Waals surface area contributed by atoms with Crippen LogP contribution in [0.15, 0.2) is 170 Å². The average molecular weight is 1490 g/mol. The van der Waals surface area contributed by atoms with Crippen LogP contribution >= 0.6 is 11.6 Å². The normalized spacial score (nSPS) is 13.4. The number of carbonyl (C=O) groups excluding carboxylic acids is 2. The number of unbranched alkanes of at least 4 members (excludes halogenated alkanes) is 1. The van der Waals surface area contributed by atoms with Gasteiger partial charge in [0.15, 0.2) is 0 Å². The molecule has 2 unspecified atom stereocenters. The van der Waals surface area contributed by atoms with Crippen molar-refractivity contribution in [3.05, 3.63) is 242 Å². The van der Waals surface area contributed by atoms with Crippen molar-refractivity contribution < 1.29 is 41.3 Å². The molecule has 10 aromatic rings. The number of ketones is 1. The maximum atomic E-state index is 11.8. The molecule has 17 heteroatoms. The van der Waals surface area contributed by atoms with Crippen molar-refractivity contribution in [3.8, 4) is 0 Å². The van der Waals surface area contributed by atoms with Gasteiger partial charge in [-0.1, -0.05) is 265 Å². The number of hydrogen-bond donors (Lipinski definition) is 7. The smallest absolute Gasteiger partial charge is 0.399 e. The van der Waals surface area contributed by atoms with Crippen molar-refractivity contribution in [1.82, 2.24) is 15.0 Å². The number of anilines is 4. The molecule has 7 aromatic carbocycles. The fourth-order valence-electron chi connectivity index (χ4n) is 10.3. The summed E-state index contributed by atoms with van der Waals surface area (Å²) in [6.45, 7) is 53.9. The molecule has 0 amide bonds. The van der Waals surface area contributed by atoms with Crippen LogP contribution < -0.4 is 41.0 Å². The Kier molecular flexibility index (Phi) is 37.0. The Morgan fingerprint density at radius 1 is 0.500 bits per heavy atom. The first-order chi connectivity index (χ1) is 49.4. The van der Waals surface area contributed by atoms with Crippen LogP contribution in [-0.4, -0.2) is 47.9 Å². The minimum atomic E-state index is -0.378. The molecular formula is C91H133ClLiN9O6. The Morgan fingerprint density at radius 3 is 1.29 bits per heavy atom. The molecule has 108 heavy (non-hydrogen) atoms. The van der Waals surface area contributed by atoms with Gasteiger partial charge < -0.3 is 44.0 Å². The summed E-state index contributed by atoms with van der Waals surface area (Å²) in [5, 5.41) is 31.5. The number of aryl methyl sites for hydroxylation is 2. The summed E-state index contributed by atoms with van der Waals surface area (Å²) < 4.78 is 10.0. The molecule has 3 aromatic heterocycles. The van der Waals surface area contributed by atoms with Gasteiger partial charge in [0.25, 0.3) is 11.4 Å². The molecule has 2 aliphatic rings. The van der Waals surface area contributed by atoms with E-state index in [0.29, 0.717) is 29.7 Å². The maximum Gasteiger partial charge on any atom is 1.00 e. The topological polar surface area (TPSA) is 244 Å². The third-order valence-electron chi connectivity index (χ3n) is 17.9. The second-order valence-corrected chi connectivity index (χ2v) is 34.9. The molecule has 0 fully saturated rings. The molecule has 2 atom stereocenters. The Bertz CT molecular complexity index is 4390. The zero-order valence-electron chi connectivity index (χ0n) is 70.4. The first-order valence-electron chi connectivity index (χ1n) is 37.5. The van der Waals surface area contributed by atoms with Crippen molar-refractivity contribution in [2.45, 2.75) is 241 Å². The number of H-pyrrole nitrogens is 3. The second kappa shape index (κ2) is 41.8. The van der Waals surface area contributed by atoms with Crippen LogP contribution in [0.4, 0.5) is 34.1 Å². The molecule has 0 radical (unpaired) electrons. The van der Waals surface area contributed by atoms with Crippen molar-refractivity contribution >= 4 is 89.5 Å². The van der Waals surface area contributed by atoms with Crippen molar-refractivity contribution in [3.63, 3.8) is 0 Å². The molecule has 0 bridgehead atoms. The standard InChI is InChI=1S/C13H18O.C12H16N2O2.C12H14N2O2.C12H16N2.C12H17N.C12H15N.C7H9N.C5H9ClO.C4H9.2CH4.Li.H2/c1-10-7-5-6-8-11(10)9-12(14)13(2,3)4;2*1-12(2,3)11-6-8-4-5-9(14(15)16)7-10(8)13-11;1-12(2,3)11-6-8-4-5-9(13)7-10(8)14-11;2*1-12(2,3)11-8-9-6-4-5-7-10(9)13-11;1-6-4-2-3-5-7(6)8;1-5(2,3)4(6)7;1-3-4-2;;;;/h5-8H,9H2,1-4H3;4-5,7,11,13H,6H2,1-3H3;4-7,13H,1-3H3;4-7,14H,13H2,1-3H3;4-7,11,13H,8H2,1-3H3;4-8,13H,1-3H3;2-5H,8H2,1H3;1-3H3;1,3-4H2,2H3;2*1H4;;1H/q;;;;;;;;-1;;;+1;/i;;;;;;;;;;;;1+1D. The van der Waals surface area contributed by atoms with E-state index in [1.807, 2.05) is 107 Å². The number of benzene rings is 7. The van der Waals surface area contributed by atoms with E-state index in [2.05, 4.69) is 210 Å². The molecule has 9 N–H and O–H groups in total. The van der Waals surface area contributed by atoms with E-state index in [9.17, 15) is 29.8 Å². The fourth-order valence-corrected chi connectivity index (χ4v) is 10.3. The number of halogens is 1. The number of carbonyl (C=O) groups is 2. The van der Waals surface area contributed by atoms with E-state index >= 15 is 0 Å². The molecule has 0 spiro atoms. The monoisotopic (exact) mass is 1490 g/mol. The van der Waals surface area contributed by atoms with E-state index in [1.54, 1.807) is 45.0 Å². The SMILES string of the molecule is C.C.CC(C)(C)C(=O)Cl.CC(C)(C)C1Cc2ccc([N+](=O)[O-])cc2N1.CC(C)(C)C1Cc2ccccc2N1.CC(C)(C)c1cc2ccc(N)cc2[nH]1.CC(C)(C)c1cc2ccc([N+](=O)[O-])cc2[nH]1.CC(C)(C)c1cc2ccccc2[nH]1.Cc1ccccc1CC(=O)C(C)(C)C.Cc1ccccc1N.[2H][2H].[CH2-]CCC.[Li+]. The third-order valence-corrected chi connectivity index (χ3v) is 18.5. The predicted octanol–water partition coefficient (Wildman–Crippen LogP) is 22.6. The number of nitro benzene ring substituents is 2. The predicted molar refractivity (Wildman–Crippen MR) is 464 cm³/mol. The number of aromatic nitrogens is 3. The number of nitro groups is 2. The molecule has 0 saturated heterocycles. The molecule has 586 valence electrons. The number of Topliss-reactive ketones (excluding diaryl/α,β-unsaturated/α-hetero) is 1. The van der Waals surface area contributed by atoms with Gasteiger partial charge in [-0.15, -0.1) is 0 Å². The van der Waals surface area contributed by atoms with Crippen LogP contribution in [0.1, 0.15) is 228 Å². The van der Waals surface area contributed by atoms with Crippen LogP contribution in [0.25, 0.3) is 32.7 Å². The zero-order valence-corrected chi connectivity index (χ0v) is 69.2. The van der Waals surface area contributed by atoms with Crippen LogP contribution in [-0.2, 0) is 45.1 Å². The Hall–Kier alpha value is -8.61. The molecule has 15 nitrogen and oxygen atoms in total. The number of hydrogen-bond acceptors (Lipinski definition) is 10. The van der Waals surface area contributed by atoms with Crippen molar-refractivity contribution in [2.75, 3.05) is 22.1 Å². The number of non-ortho nitro benzene ring substituents is 2. The summed E-state index contributed by atoms with van der Waals surface area (Å²) in [6, 6.07) is 56.1. The van der Waals surface area contributed by atoms with Gasteiger partial charge in [0.05, 0.1) is 15.4 Å². The van der Waals surface area contributed by atoms with E-state index in [-0.39, 0.29) is 92.7 Å². The van der Waals surface area contributed by atoms with Crippen LogP contribution in [0, 0.1) is 62.7 Å². The van der Waals surface area contributed by atoms with Crippen LogP contribution in [0.3, 0.4) is 0 Å². The summed E-state index contributed by atoms with van der Waals surface area (Å²) in [5.74, 6) is 0.298. The van der Waals surface area contributed by atoms with Crippen molar-refractivity contribution in [1.29, 1.82) is 0 Å². The van der Waals surface area contributed by atoms with Gasteiger partial charge in [0, 0.05) is 129 Å². The largest absolute Gasteiger partial charge is 1.00 e. The molecular weight excluding hydrogens is 1360 g/mol. The molecule has 2 aliphatic heterocycles. The molecule has 0 aliphatic carbocycles. The van der Waals surface area contributed by atoms with Crippen LogP contribution in [0.5, 0.6) is 0 Å². The van der Waals surface area contributed by atoms with Gasteiger partial charge in [-0.2, -0.15) is 6.42 Å². The number of nitrogens with one attached hydrogen (secondary N) is 5. The van der Waals surface area contributed by atoms with E-state index in [0.717, 1.165) is 63.1 Å². The van der Waals surface area contributed by atoms with Gasteiger partial charge in [-0.25, -0.2) is 0 Å². The number of nitrogens with zero attached hydrogens (tertiary/aromatic N) is 2. The fraction of sp³-hybridized carbons (Fsp3) is 0.440. The van der Waals surface area contributed by atoms with E-state index in [1.165, 1.54) is 69.0 Å². The second-order valence-electron chi connectivity index (χ2n) is 34.6. The van der Waals surface area contributed by atoms with E-state index < -0.39 is 0 Å². The maximum absolute atomic E-state index is 11.8. The Morgan fingerprint density at radius 2 is 0.880 bits per heavy atom. The van der Waals surface area contributed by atoms with Gasteiger partial charge in [0.2, 0.25) is 5.24 Å². The average Bonchev–Trinajstić information content (AvgIpc) is 1.69. The molecule has 0 saturated carbocycles. The van der Waals surface area contributed by atoms with Gasteiger partial charge in [-0.05, 0) is 142 Å². The first kappa shape index (κ1) is 95.5. The number of aromatic amines is 3. The minimum absolute atomic E-state index is 0. The third kappa shape index (κ3) is 31.5. The summed E-state index contributed by atoms with van der Waals surface area (Å²) in [5.41, 5.74) is 28.6. The summed E-state index contributed by atoms with van der Waals surface area (Å²) >= 11 is 5.11. The number of nitrogen functional groups attached to an aromatic ring is 2. The summed E-state index contributed by atoms with van der Waals surface area (Å²) in [7, 11) is 0. The van der Waals surface area contributed by atoms with Gasteiger partial charge in [-0.3, -0.25) is 29.8 Å². The Balaban J connectivity index is 0.00000123. The van der Waals surface area contributed by atoms with E-state index in [4.69, 9.17) is 26.0 Å². The summed E-state index contributed by atoms with van der Waals surface area (Å²) in [4.78, 5) is 52.6. The molecule has 12 rings (SSSR count). The van der Waals surface area contributed by atoms with Crippen molar-refractivity contribution in [2.24, 2.45) is 21.7 Å². The quantitative estimate of drug-likeness (QED) is 0.0215. The number of para-hydroxylation sites is 3. The summed E-state index contributed by atoms with van der Waals surface area (Å²) in [6.07, 6.45) is 4.94. The van der Waals surface area contributed by atoms with Crippen LogP contribution in [0.2, 0.25) is 0 Å². The number of nitrogens with two attached hydrogens (primary N) is 2. The van der Waals surface area contributed by atoms with Gasteiger partial charge >= 0.3 is 18.9 Å². The molecule has 5 heterocycles. The minimum Gasteiger partial charge on any atom is -0.399 e. The van der Waals surface area contributed by atoms with Gasteiger partial charge in [0.1, 0.15) is 5.78 Å². The first-order valence-corrected chi connectivity index (χ1v) is 36.8. The number of fused-ring (bicyclic) bond motifs is 5. The number of rotatable bonds is 5. The zero-order chi connectivity index (χ0) is 81.4.